The van der Waals surface area contributed by atoms with Gasteiger partial charge in [0.2, 0.25) is 11.8 Å². The number of likely N-dealkylation sites (tertiary alicyclic amines) is 1. The van der Waals surface area contributed by atoms with Crippen molar-refractivity contribution in [1.82, 2.24) is 20.0 Å². The Bertz CT molecular complexity index is 3370. The number of nitrogens with zero attached hydrogens (tertiary/aromatic N) is 5. The molecular weight excluding hydrogens is 1130 g/mol. The monoisotopic (exact) mass is 1210 g/mol. The van der Waals surface area contributed by atoms with Crippen LogP contribution in [0.2, 0.25) is 0 Å². The van der Waals surface area contributed by atoms with Gasteiger partial charge in [0.15, 0.2) is 29.2 Å². The highest BCUT2D eigenvalue weighted by Crippen LogP contribution is 2.57. The molecule has 23 heteroatoms. The number of nitrogens with one attached hydrogen (secondary N) is 2. The number of methoxy groups -OCH3 is 3. The molecule has 23 nitrogen and oxygen atoms in total. The van der Waals surface area contributed by atoms with Gasteiger partial charge in [-0.15, -0.1) is 0 Å². The molecule has 1 spiro atoms. The largest absolute Gasteiger partial charge is 0.497 e. The van der Waals surface area contributed by atoms with Crippen molar-refractivity contribution in [3.63, 3.8) is 0 Å². The zero-order valence-corrected chi connectivity index (χ0v) is 50.2. The second kappa shape index (κ2) is 26.8. The molecule has 466 valence electrons. The molecule has 4 aromatic rings. The summed E-state index contributed by atoms with van der Waals surface area (Å²) >= 11 is 0. The van der Waals surface area contributed by atoms with Crippen LogP contribution in [-0.4, -0.2) is 160 Å². The average molecular weight is 1210 g/mol. The lowest BCUT2D eigenvalue weighted by atomic mass is 9.97. The number of carbonyl (C=O) groups is 7. The van der Waals surface area contributed by atoms with E-state index in [1.54, 1.807) is 53.3 Å². The lowest BCUT2D eigenvalue weighted by molar-refractivity contribution is -0.130. The highest BCUT2D eigenvalue weighted by Gasteiger charge is 2.58. The second-order valence-corrected chi connectivity index (χ2v) is 22.8. The summed E-state index contributed by atoms with van der Waals surface area (Å²) in [4.78, 5) is 104. The zero-order chi connectivity index (χ0) is 62.4. The molecule has 6 atom stereocenters. The lowest BCUT2D eigenvalue weighted by Gasteiger charge is -2.31. The number of hydrogen-bond acceptors (Lipinski definition) is 16. The fraction of sp³-hybridized carbons (Fsp3) is 0.431. The summed E-state index contributed by atoms with van der Waals surface area (Å²) in [6.45, 7) is 11.7. The summed E-state index contributed by atoms with van der Waals surface area (Å²) in [6, 6.07) is 17.4. The molecule has 1 aliphatic carbocycles. The lowest BCUT2D eigenvalue weighted by Crippen LogP contribution is -2.54. The van der Waals surface area contributed by atoms with Gasteiger partial charge in [-0.3, -0.25) is 29.0 Å². The van der Waals surface area contributed by atoms with Crippen LogP contribution >= 0.6 is 0 Å². The number of hydrogen-bond donors (Lipinski definition) is 3. The number of rotatable bonds is 22. The van der Waals surface area contributed by atoms with Gasteiger partial charge in [0, 0.05) is 43.5 Å². The molecule has 7 amide bonds. The summed E-state index contributed by atoms with van der Waals surface area (Å²) in [5.41, 5.74) is 3.28. The summed E-state index contributed by atoms with van der Waals surface area (Å²) in [7, 11) is 4.47. The Morgan fingerprint density at radius 1 is 0.784 bits per heavy atom. The third-order valence-corrected chi connectivity index (χ3v) is 17.2. The Hall–Kier alpha value is -9.25. The SMILES string of the molecule is C=CCOC(=O)N1C[C@@H]2CC(c3ccc(OC)cc3)=CN2C(=O)c2cc(OC)c(OCCCOc3cc4c(cc3OC)C(=O)N3CC5(CC5)C[C@H]3C(O)N4C(=O)OCc3ccc(NC(=O)[C@@H](NC(=O)[C@@H]4CCCN4C(=O)OCC=C)C(C)CC)cc3)cc21. The molecule has 0 radical (unpaired) electrons. The van der Waals surface area contributed by atoms with Crippen molar-refractivity contribution in [1.29, 1.82) is 0 Å². The normalized spacial score (nSPS) is 20.2. The fourth-order valence-electron chi connectivity index (χ4n) is 12.1. The van der Waals surface area contributed by atoms with Crippen LogP contribution in [-0.2, 0) is 30.4 Å². The van der Waals surface area contributed by atoms with Gasteiger partial charge in [-0.1, -0.05) is 69.8 Å². The Kier molecular flexibility index (Phi) is 18.8. The molecule has 3 fully saturated rings. The number of ether oxygens (including phenoxy) is 8. The predicted molar refractivity (Wildman–Crippen MR) is 324 cm³/mol. The third-order valence-electron chi connectivity index (χ3n) is 17.2. The van der Waals surface area contributed by atoms with E-state index < -0.39 is 60.5 Å². The molecule has 0 aromatic heterocycles. The molecule has 5 aliphatic heterocycles. The molecule has 4 aromatic carbocycles. The van der Waals surface area contributed by atoms with Gasteiger partial charge in [-0.25, -0.2) is 19.3 Å². The number of carbonyl (C=O) groups excluding carboxylic acids is 7. The van der Waals surface area contributed by atoms with Gasteiger partial charge >= 0.3 is 18.3 Å². The Morgan fingerprint density at radius 2 is 1.43 bits per heavy atom. The predicted octanol–water partition coefficient (Wildman–Crippen LogP) is 8.68. The topological polar surface area (TPSA) is 254 Å². The third kappa shape index (κ3) is 12.9. The van der Waals surface area contributed by atoms with Gasteiger partial charge in [0.05, 0.1) is 75.7 Å². The first-order valence-corrected chi connectivity index (χ1v) is 29.6. The van der Waals surface area contributed by atoms with Crippen molar-refractivity contribution in [2.24, 2.45) is 11.3 Å². The Morgan fingerprint density at radius 3 is 2.06 bits per heavy atom. The van der Waals surface area contributed by atoms with Gasteiger partial charge in [0.25, 0.3) is 11.8 Å². The summed E-state index contributed by atoms with van der Waals surface area (Å²) in [6.07, 6.45) is 5.63. The summed E-state index contributed by atoms with van der Waals surface area (Å²) in [5.74, 6) is -0.325. The van der Waals surface area contributed by atoms with Crippen LogP contribution in [0.3, 0.4) is 0 Å². The minimum absolute atomic E-state index is 0.00766. The Labute approximate surface area is 510 Å². The minimum Gasteiger partial charge on any atom is -0.497 e. The maximum absolute atomic E-state index is 14.5. The summed E-state index contributed by atoms with van der Waals surface area (Å²) in [5, 5.41) is 18.0. The van der Waals surface area contributed by atoms with Crippen LogP contribution in [0, 0.1) is 11.3 Å². The van der Waals surface area contributed by atoms with E-state index in [2.05, 4.69) is 23.8 Å². The highest BCUT2D eigenvalue weighted by atomic mass is 16.6. The number of benzene rings is 4. The number of anilines is 3. The molecule has 5 heterocycles. The van der Waals surface area contributed by atoms with Gasteiger partial charge in [-0.2, -0.15) is 0 Å². The molecule has 0 bridgehead atoms. The minimum atomic E-state index is -1.50. The number of aliphatic hydroxyl groups is 1. The van der Waals surface area contributed by atoms with Crippen LogP contribution in [0.4, 0.5) is 31.4 Å². The number of amides is 7. The van der Waals surface area contributed by atoms with Crippen LogP contribution in [0.25, 0.3) is 5.57 Å². The molecule has 10 rings (SSSR count). The first-order valence-electron chi connectivity index (χ1n) is 29.6. The zero-order valence-electron chi connectivity index (χ0n) is 50.2. The van der Waals surface area contributed by atoms with Crippen LogP contribution in [0.5, 0.6) is 28.7 Å². The van der Waals surface area contributed by atoms with E-state index in [-0.39, 0.29) is 115 Å². The van der Waals surface area contributed by atoms with Gasteiger partial charge < -0.3 is 63.4 Å². The van der Waals surface area contributed by atoms with E-state index in [9.17, 15) is 38.7 Å². The average Bonchev–Trinajstić information content (AvgIpc) is 1.63. The van der Waals surface area contributed by atoms with Crippen LogP contribution < -0.4 is 44.1 Å². The summed E-state index contributed by atoms with van der Waals surface area (Å²) < 4.78 is 46.1. The molecular formula is C65H75N7O16. The van der Waals surface area contributed by atoms with E-state index in [0.717, 1.165) is 28.9 Å². The second-order valence-electron chi connectivity index (χ2n) is 22.8. The molecule has 3 N–H and O–H groups in total. The smallest absolute Gasteiger partial charge is 0.416 e. The number of aliphatic hydroxyl groups excluding tert-OH is 1. The van der Waals surface area contributed by atoms with Gasteiger partial charge in [0.1, 0.15) is 37.7 Å². The van der Waals surface area contributed by atoms with E-state index in [0.29, 0.717) is 62.2 Å². The van der Waals surface area contributed by atoms with E-state index in [4.69, 9.17) is 37.9 Å². The molecule has 6 aliphatic rings. The van der Waals surface area contributed by atoms with Crippen molar-refractivity contribution >= 4 is 64.5 Å². The van der Waals surface area contributed by atoms with Crippen LogP contribution in [0.1, 0.15) is 97.1 Å². The quantitative estimate of drug-likeness (QED) is 0.0378. The van der Waals surface area contributed by atoms with Gasteiger partial charge in [-0.05, 0) is 103 Å². The fourth-order valence-corrected chi connectivity index (χ4v) is 12.1. The maximum atomic E-state index is 14.5. The van der Waals surface area contributed by atoms with Crippen molar-refractivity contribution in [3.8, 4) is 28.7 Å². The molecule has 2 saturated heterocycles. The van der Waals surface area contributed by atoms with Crippen molar-refractivity contribution in [2.45, 2.75) is 102 Å². The van der Waals surface area contributed by atoms with E-state index in [1.807, 2.05) is 44.3 Å². The molecule has 88 heavy (non-hydrogen) atoms. The first-order chi connectivity index (χ1) is 42.5. The van der Waals surface area contributed by atoms with E-state index >= 15 is 0 Å². The first kappa shape index (κ1) is 61.8. The maximum Gasteiger partial charge on any atom is 0.416 e. The van der Waals surface area contributed by atoms with Crippen molar-refractivity contribution in [3.05, 3.63) is 127 Å². The van der Waals surface area contributed by atoms with Crippen molar-refractivity contribution in [2.75, 3.05) is 82.5 Å². The van der Waals surface area contributed by atoms with E-state index in [1.165, 1.54) is 48.3 Å². The molecule has 1 saturated carbocycles. The molecule has 2 unspecified atom stereocenters. The van der Waals surface area contributed by atoms with Crippen LogP contribution in [0.15, 0.2) is 104 Å². The van der Waals surface area contributed by atoms with Crippen molar-refractivity contribution < 1.29 is 76.6 Å². The highest BCUT2D eigenvalue weighted by molar-refractivity contribution is 6.08. The number of fused-ring (bicyclic) bond motifs is 4. The standard InChI is InChI=1S/C65H75N7O16/c1-8-25-86-62(78)68-24-11-13-48(68)57(73)67-56(39(4)10-3)58(74)66-43-18-14-40(15-19-43)37-88-64(80)72-50-33-55(53(83-7)31-47(50)60(76)71-38-65(22-23-65)34-51(71)61(72)77)85-28-12-27-84-54-32-49-46(30-52(54)82-6)59(75)69-35-42(41-16-20-45(81-5)21-17-41)29-44(69)36-70(49)63(79)87-26-9-2/h8-9,14-21,30-33,35,39,44,48,51,56,61,77H,1-2,10-13,22-29,34,36-38H2,3-7H3,(H,66,74)(H,67,73)/t39?,44-,48-,51-,56-,61?/m0/s1. The Balaban J connectivity index is 0.815.